The van der Waals surface area contributed by atoms with Gasteiger partial charge in [-0.25, -0.2) is 0 Å². The molecule has 98 valence electrons. The molecule has 0 aliphatic heterocycles. The molecule has 0 spiro atoms. The van der Waals surface area contributed by atoms with Gasteiger partial charge < -0.3 is 5.32 Å². The van der Waals surface area contributed by atoms with E-state index in [2.05, 4.69) is 49.3 Å². The molecule has 2 atom stereocenters. The third kappa shape index (κ3) is 3.15. The van der Waals surface area contributed by atoms with E-state index in [0.717, 1.165) is 17.1 Å². The normalized spacial score (nSPS) is 22.6. The summed E-state index contributed by atoms with van der Waals surface area (Å²) in [5.41, 5.74) is 1.07. The molecular weight excluding hydrogens is 358 g/mol. The molecule has 2 unspecified atom stereocenters. The van der Waals surface area contributed by atoms with Gasteiger partial charge in [-0.15, -0.1) is 0 Å². The molecule has 1 fully saturated rings. The van der Waals surface area contributed by atoms with Crippen LogP contribution in [0.5, 0.6) is 0 Å². The van der Waals surface area contributed by atoms with E-state index in [1.54, 1.807) is 0 Å². The number of carbonyl (C=O) groups is 1. The second kappa shape index (κ2) is 5.74. The van der Waals surface area contributed by atoms with Crippen LogP contribution in [0, 0.1) is 5.92 Å². The Morgan fingerprint density at radius 2 is 1.94 bits per heavy atom. The smallest absolute Gasteiger partial charge is 0.224 e. The molecule has 1 aromatic rings. The number of nitrogens with one attached hydrogen (secondary N) is 1. The fourth-order valence-electron chi connectivity index (χ4n) is 2.05. The van der Waals surface area contributed by atoms with Crippen LogP contribution in [0.3, 0.4) is 0 Å². The Labute approximate surface area is 125 Å². The van der Waals surface area contributed by atoms with Gasteiger partial charge in [0, 0.05) is 16.6 Å². The molecular formula is C14H17Br2NO. The van der Waals surface area contributed by atoms with E-state index in [4.69, 9.17) is 0 Å². The number of alkyl halides is 2. The van der Waals surface area contributed by atoms with Gasteiger partial charge in [-0.1, -0.05) is 62.2 Å². The molecule has 18 heavy (non-hydrogen) atoms. The molecule has 1 aliphatic rings. The lowest BCUT2D eigenvalue weighted by atomic mass is 10.1. The van der Waals surface area contributed by atoms with E-state index in [9.17, 15) is 4.79 Å². The maximum atomic E-state index is 12.2. The Kier molecular flexibility index (Phi) is 4.49. The van der Waals surface area contributed by atoms with E-state index >= 15 is 0 Å². The molecule has 4 heteroatoms. The van der Waals surface area contributed by atoms with Crippen molar-refractivity contribution >= 4 is 37.8 Å². The maximum Gasteiger partial charge on any atom is 0.224 e. The number of hydrogen-bond donors (Lipinski definition) is 1. The van der Waals surface area contributed by atoms with E-state index in [1.807, 2.05) is 25.1 Å². The van der Waals surface area contributed by atoms with Gasteiger partial charge in [0.15, 0.2) is 0 Å². The van der Waals surface area contributed by atoms with Crippen LogP contribution >= 0.6 is 31.9 Å². The summed E-state index contributed by atoms with van der Waals surface area (Å²) < 4.78 is 0. The van der Waals surface area contributed by atoms with Gasteiger partial charge in [-0.05, 0) is 24.8 Å². The quantitative estimate of drug-likeness (QED) is 0.785. The number of rotatable bonds is 5. The molecule has 1 saturated carbocycles. The van der Waals surface area contributed by atoms with Gasteiger partial charge >= 0.3 is 0 Å². The second-order valence-corrected chi connectivity index (χ2v) is 6.30. The van der Waals surface area contributed by atoms with Gasteiger partial charge in [0.25, 0.3) is 0 Å². The van der Waals surface area contributed by atoms with Crippen LogP contribution in [0.25, 0.3) is 0 Å². The number of amides is 1. The highest BCUT2D eigenvalue weighted by Gasteiger charge is 2.45. The van der Waals surface area contributed by atoms with Crippen molar-refractivity contribution in [1.82, 2.24) is 5.32 Å². The van der Waals surface area contributed by atoms with Gasteiger partial charge in [0.1, 0.15) is 0 Å². The Morgan fingerprint density at radius 3 is 2.50 bits per heavy atom. The predicted octanol–water partition coefficient (Wildman–Crippen LogP) is 3.45. The maximum absolute atomic E-state index is 12.2. The van der Waals surface area contributed by atoms with Crippen LogP contribution in [-0.2, 0) is 4.79 Å². The highest BCUT2D eigenvalue weighted by molar-refractivity contribution is 9.09. The fraction of sp³-hybridized carbons (Fsp3) is 0.500. The Morgan fingerprint density at radius 1 is 1.33 bits per heavy atom. The number of carbonyl (C=O) groups excluding carboxylic acids is 1. The first-order valence-electron chi connectivity index (χ1n) is 6.08. The Balaban J connectivity index is 1.94. The highest BCUT2D eigenvalue weighted by Crippen LogP contribution is 2.47. The summed E-state index contributed by atoms with van der Waals surface area (Å²) in [4.78, 5) is 12.2. The second-order valence-electron chi connectivity index (χ2n) is 5.18. The summed E-state index contributed by atoms with van der Waals surface area (Å²) in [5, 5.41) is 4.62. The minimum atomic E-state index is -0.207. The third-order valence-electron chi connectivity index (χ3n) is 3.37. The molecule has 0 aromatic heterocycles. The summed E-state index contributed by atoms with van der Waals surface area (Å²) in [6, 6.07) is 10.3. The first-order valence-corrected chi connectivity index (χ1v) is 8.33. The van der Waals surface area contributed by atoms with Crippen molar-refractivity contribution < 1.29 is 4.79 Å². The Bertz CT molecular complexity index is 417. The lowest BCUT2D eigenvalue weighted by Gasteiger charge is -2.26. The van der Waals surface area contributed by atoms with Crippen LogP contribution in [0.4, 0.5) is 0 Å². The van der Waals surface area contributed by atoms with Gasteiger partial charge in [-0.2, -0.15) is 0 Å². The number of benzene rings is 1. The van der Waals surface area contributed by atoms with Crippen molar-refractivity contribution in [3.63, 3.8) is 0 Å². The standard InChI is InChI=1S/C14H17Br2NO/c1-14(8-15,9-16)17-13(18)12-7-11(12)10-5-3-2-4-6-10/h2-6,11-12H,7-9H2,1H3,(H,17,18). The van der Waals surface area contributed by atoms with E-state index in [1.165, 1.54) is 5.56 Å². The average Bonchev–Trinajstić information content (AvgIpc) is 3.20. The predicted molar refractivity (Wildman–Crippen MR) is 81.4 cm³/mol. The monoisotopic (exact) mass is 373 g/mol. The molecule has 1 amide bonds. The third-order valence-corrected chi connectivity index (χ3v) is 5.84. The van der Waals surface area contributed by atoms with E-state index < -0.39 is 0 Å². The molecule has 0 heterocycles. The van der Waals surface area contributed by atoms with Crippen molar-refractivity contribution in [2.24, 2.45) is 5.92 Å². The highest BCUT2D eigenvalue weighted by atomic mass is 79.9. The summed E-state index contributed by atoms with van der Waals surface area (Å²) in [6.07, 6.45) is 0.969. The van der Waals surface area contributed by atoms with E-state index in [0.29, 0.717) is 5.92 Å². The van der Waals surface area contributed by atoms with Crippen LogP contribution in [0.15, 0.2) is 30.3 Å². The van der Waals surface area contributed by atoms with E-state index in [-0.39, 0.29) is 17.4 Å². The fourth-order valence-corrected chi connectivity index (χ4v) is 3.25. The van der Waals surface area contributed by atoms with Gasteiger partial charge in [-0.3, -0.25) is 4.79 Å². The number of hydrogen-bond acceptors (Lipinski definition) is 1. The number of halogens is 2. The van der Waals surface area contributed by atoms with Crippen LogP contribution in [-0.4, -0.2) is 22.1 Å². The molecule has 1 N–H and O–H groups in total. The average molecular weight is 375 g/mol. The molecule has 2 rings (SSSR count). The SMILES string of the molecule is CC(CBr)(CBr)NC(=O)C1CC1c1ccccc1. The molecule has 0 radical (unpaired) electrons. The zero-order valence-corrected chi connectivity index (χ0v) is 13.5. The van der Waals surface area contributed by atoms with Crippen molar-refractivity contribution in [1.29, 1.82) is 0 Å². The van der Waals surface area contributed by atoms with Gasteiger partial charge in [0.05, 0.1) is 5.54 Å². The molecule has 1 aliphatic carbocycles. The summed E-state index contributed by atoms with van der Waals surface area (Å²) in [7, 11) is 0. The topological polar surface area (TPSA) is 29.1 Å². The first kappa shape index (κ1) is 14.1. The lowest BCUT2D eigenvalue weighted by Crippen LogP contribution is -2.49. The first-order chi connectivity index (χ1) is 8.59. The largest absolute Gasteiger partial charge is 0.349 e. The van der Waals surface area contributed by atoms with Crippen molar-refractivity contribution in [3.8, 4) is 0 Å². The zero-order valence-electron chi connectivity index (χ0n) is 10.3. The summed E-state index contributed by atoms with van der Waals surface area (Å²) >= 11 is 6.89. The summed E-state index contributed by atoms with van der Waals surface area (Å²) in [6.45, 7) is 2.04. The molecule has 1 aromatic carbocycles. The van der Waals surface area contributed by atoms with Crippen molar-refractivity contribution in [2.75, 3.05) is 10.7 Å². The lowest BCUT2D eigenvalue weighted by molar-refractivity contribution is -0.123. The van der Waals surface area contributed by atoms with Crippen LogP contribution in [0.1, 0.15) is 24.8 Å². The minimum absolute atomic E-state index is 0.143. The molecule has 0 bridgehead atoms. The Hall–Kier alpha value is -0.350. The molecule has 2 nitrogen and oxygen atoms in total. The van der Waals surface area contributed by atoms with Crippen molar-refractivity contribution in [3.05, 3.63) is 35.9 Å². The zero-order chi connectivity index (χ0) is 13.2. The summed E-state index contributed by atoms with van der Waals surface area (Å²) in [5.74, 6) is 0.719. The molecule has 0 saturated heterocycles. The van der Waals surface area contributed by atoms with Gasteiger partial charge in [0.2, 0.25) is 5.91 Å². The van der Waals surface area contributed by atoms with Crippen LogP contribution in [0.2, 0.25) is 0 Å². The van der Waals surface area contributed by atoms with Crippen LogP contribution < -0.4 is 5.32 Å². The van der Waals surface area contributed by atoms with Crippen molar-refractivity contribution in [2.45, 2.75) is 24.8 Å². The minimum Gasteiger partial charge on any atom is -0.349 e.